The zero-order valence-electron chi connectivity index (χ0n) is 9.58. The van der Waals surface area contributed by atoms with Crippen LogP contribution >= 0.6 is 11.3 Å². The van der Waals surface area contributed by atoms with Gasteiger partial charge in [0.05, 0.1) is 10.6 Å². The maximum Gasteiger partial charge on any atom is 0.136 e. The highest BCUT2D eigenvalue weighted by atomic mass is 32.1. The summed E-state index contributed by atoms with van der Waals surface area (Å²) >= 11 is 1.55. The van der Waals surface area contributed by atoms with Gasteiger partial charge in [0.15, 0.2) is 0 Å². The van der Waals surface area contributed by atoms with Gasteiger partial charge >= 0.3 is 0 Å². The summed E-state index contributed by atoms with van der Waals surface area (Å²) in [6.45, 7) is 0. The molecule has 0 amide bonds. The van der Waals surface area contributed by atoms with Crippen molar-refractivity contribution in [2.45, 2.75) is 0 Å². The highest BCUT2D eigenvalue weighted by molar-refractivity contribution is 7.19. The molecule has 88 valence electrons. The molecule has 0 aliphatic carbocycles. The van der Waals surface area contributed by atoms with Crippen LogP contribution < -0.4 is 0 Å². The number of thiophene rings is 1. The fourth-order valence-electron chi connectivity index (χ4n) is 1.81. The van der Waals surface area contributed by atoms with E-state index < -0.39 is 0 Å². The van der Waals surface area contributed by atoms with E-state index in [1.165, 1.54) is 0 Å². The zero-order valence-corrected chi connectivity index (χ0v) is 10.4. The second kappa shape index (κ2) is 4.63. The van der Waals surface area contributed by atoms with E-state index in [-0.39, 0.29) is 5.75 Å². The predicted molar refractivity (Wildman–Crippen MR) is 74.7 cm³/mol. The SMILES string of the molecule is Oc1cc(-c2ccccc2)sc1-c1ccccn1. The fourth-order valence-corrected chi connectivity index (χ4v) is 2.84. The molecule has 0 fully saturated rings. The number of rotatable bonds is 2. The Bertz CT molecular complexity index is 647. The van der Waals surface area contributed by atoms with E-state index in [9.17, 15) is 5.11 Å². The van der Waals surface area contributed by atoms with Crippen molar-refractivity contribution in [3.05, 3.63) is 60.8 Å². The van der Waals surface area contributed by atoms with Crippen molar-refractivity contribution in [2.75, 3.05) is 0 Å². The predicted octanol–water partition coefficient (Wildman–Crippen LogP) is 4.18. The molecule has 1 N–H and O–H groups in total. The van der Waals surface area contributed by atoms with Crippen molar-refractivity contribution in [3.8, 4) is 26.8 Å². The Kier molecular flexibility index (Phi) is 2.82. The lowest BCUT2D eigenvalue weighted by molar-refractivity contribution is 0.479. The molecule has 0 radical (unpaired) electrons. The third-order valence-electron chi connectivity index (χ3n) is 2.67. The smallest absolute Gasteiger partial charge is 0.136 e. The van der Waals surface area contributed by atoms with Gasteiger partial charge in [-0.3, -0.25) is 4.98 Å². The molecule has 0 saturated carbocycles. The second-order valence-corrected chi connectivity index (χ2v) is 4.96. The number of aromatic hydroxyl groups is 1. The van der Waals surface area contributed by atoms with Gasteiger partial charge in [-0.2, -0.15) is 0 Å². The monoisotopic (exact) mass is 253 g/mol. The van der Waals surface area contributed by atoms with Gasteiger partial charge in [0.1, 0.15) is 5.75 Å². The molecule has 0 atom stereocenters. The highest BCUT2D eigenvalue weighted by Gasteiger charge is 2.11. The lowest BCUT2D eigenvalue weighted by atomic mass is 10.2. The largest absolute Gasteiger partial charge is 0.506 e. The summed E-state index contributed by atoms with van der Waals surface area (Å²) < 4.78 is 0. The number of hydrogen-bond acceptors (Lipinski definition) is 3. The first-order chi connectivity index (χ1) is 8.84. The third-order valence-corrected chi connectivity index (χ3v) is 3.86. The molecule has 0 aliphatic rings. The molecule has 3 aromatic rings. The van der Waals surface area contributed by atoms with E-state index in [4.69, 9.17) is 0 Å². The van der Waals surface area contributed by atoms with E-state index in [1.807, 2.05) is 48.5 Å². The first-order valence-electron chi connectivity index (χ1n) is 5.64. The number of nitrogens with zero attached hydrogens (tertiary/aromatic N) is 1. The van der Waals surface area contributed by atoms with Crippen LogP contribution in [0, 0.1) is 0 Å². The summed E-state index contributed by atoms with van der Waals surface area (Å²) in [5.41, 5.74) is 1.92. The van der Waals surface area contributed by atoms with E-state index in [1.54, 1.807) is 23.6 Å². The van der Waals surface area contributed by atoms with Crippen LogP contribution in [0.1, 0.15) is 0 Å². The number of benzene rings is 1. The van der Waals surface area contributed by atoms with E-state index in [2.05, 4.69) is 4.98 Å². The Hall–Kier alpha value is -2.13. The van der Waals surface area contributed by atoms with Crippen molar-refractivity contribution in [3.63, 3.8) is 0 Å². The minimum Gasteiger partial charge on any atom is -0.506 e. The van der Waals surface area contributed by atoms with Crippen LogP contribution in [0.3, 0.4) is 0 Å². The van der Waals surface area contributed by atoms with Crippen molar-refractivity contribution in [1.29, 1.82) is 0 Å². The molecule has 1 aromatic carbocycles. The zero-order chi connectivity index (χ0) is 12.4. The van der Waals surface area contributed by atoms with E-state index in [0.29, 0.717) is 0 Å². The fraction of sp³-hybridized carbons (Fsp3) is 0. The summed E-state index contributed by atoms with van der Waals surface area (Å²) in [5, 5.41) is 10.0. The van der Waals surface area contributed by atoms with Crippen LogP contribution in [0.5, 0.6) is 5.75 Å². The molecule has 18 heavy (non-hydrogen) atoms. The number of pyridine rings is 1. The maximum absolute atomic E-state index is 10.0. The van der Waals surface area contributed by atoms with E-state index >= 15 is 0 Å². The molecule has 3 rings (SSSR count). The van der Waals surface area contributed by atoms with Gasteiger partial charge in [-0.05, 0) is 23.8 Å². The van der Waals surface area contributed by atoms with Crippen LogP contribution in [0.15, 0.2) is 60.8 Å². The van der Waals surface area contributed by atoms with Crippen LogP contribution in [-0.2, 0) is 0 Å². The van der Waals surface area contributed by atoms with Gasteiger partial charge in [-0.25, -0.2) is 0 Å². The van der Waals surface area contributed by atoms with Crippen molar-refractivity contribution in [2.24, 2.45) is 0 Å². The minimum atomic E-state index is 0.289. The Morgan fingerprint density at radius 2 is 1.72 bits per heavy atom. The molecule has 0 bridgehead atoms. The van der Waals surface area contributed by atoms with Crippen molar-refractivity contribution in [1.82, 2.24) is 4.98 Å². The first-order valence-corrected chi connectivity index (χ1v) is 6.46. The molecule has 0 aliphatic heterocycles. The number of hydrogen-bond donors (Lipinski definition) is 1. The van der Waals surface area contributed by atoms with Crippen LogP contribution in [0.4, 0.5) is 0 Å². The molecule has 2 nitrogen and oxygen atoms in total. The quantitative estimate of drug-likeness (QED) is 0.743. The normalized spacial score (nSPS) is 10.4. The van der Waals surface area contributed by atoms with Gasteiger partial charge in [0.25, 0.3) is 0 Å². The lowest BCUT2D eigenvalue weighted by Gasteiger charge is -1.96. The van der Waals surface area contributed by atoms with Gasteiger partial charge in [-0.15, -0.1) is 11.3 Å². The molecular weight excluding hydrogens is 242 g/mol. The van der Waals surface area contributed by atoms with Gasteiger partial charge < -0.3 is 5.11 Å². The van der Waals surface area contributed by atoms with Gasteiger partial charge in [-0.1, -0.05) is 36.4 Å². The molecule has 0 unspecified atom stereocenters. The molecule has 0 saturated heterocycles. The van der Waals surface area contributed by atoms with E-state index in [0.717, 1.165) is 21.0 Å². The summed E-state index contributed by atoms with van der Waals surface area (Å²) in [5.74, 6) is 0.289. The first kappa shape index (κ1) is 11.0. The summed E-state index contributed by atoms with van der Waals surface area (Å²) in [7, 11) is 0. The summed E-state index contributed by atoms with van der Waals surface area (Å²) in [6.07, 6.45) is 1.73. The summed E-state index contributed by atoms with van der Waals surface area (Å²) in [4.78, 5) is 6.13. The Balaban J connectivity index is 2.07. The molecular formula is C15H11NOS. The van der Waals surface area contributed by atoms with Crippen molar-refractivity contribution < 1.29 is 5.11 Å². The Morgan fingerprint density at radius 1 is 0.944 bits per heavy atom. The van der Waals surface area contributed by atoms with Gasteiger partial charge in [0, 0.05) is 11.1 Å². The minimum absolute atomic E-state index is 0.289. The topological polar surface area (TPSA) is 33.1 Å². The van der Waals surface area contributed by atoms with Crippen LogP contribution in [0.25, 0.3) is 21.0 Å². The molecule has 0 spiro atoms. The lowest BCUT2D eigenvalue weighted by Crippen LogP contribution is -1.76. The van der Waals surface area contributed by atoms with Crippen LogP contribution in [-0.4, -0.2) is 10.1 Å². The Labute approximate surface area is 109 Å². The van der Waals surface area contributed by atoms with Gasteiger partial charge in [0.2, 0.25) is 0 Å². The van der Waals surface area contributed by atoms with Crippen LogP contribution in [0.2, 0.25) is 0 Å². The molecule has 2 aromatic heterocycles. The standard InChI is InChI=1S/C15H11NOS/c17-13-10-14(11-6-2-1-3-7-11)18-15(13)12-8-4-5-9-16-12/h1-10,17H. The summed E-state index contributed by atoms with van der Waals surface area (Å²) in [6, 6.07) is 17.5. The maximum atomic E-state index is 10.0. The average Bonchev–Trinajstić information content (AvgIpc) is 2.83. The second-order valence-electron chi connectivity index (χ2n) is 3.91. The molecule has 3 heteroatoms. The van der Waals surface area contributed by atoms with Crippen molar-refractivity contribution >= 4 is 11.3 Å². The average molecular weight is 253 g/mol. The molecule has 2 heterocycles. The Morgan fingerprint density at radius 3 is 2.44 bits per heavy atom. The highest BCUT2D eigenvalue weighted by Crippen LogP contribution is 2.41. The number of aromatic nitrogens is 1. The third kappa shape index (κ3) is 2.00.